The number of carbonyl (C=O) groups is 1. The van der Waals surface area contributed by atoms with Crippen molar-refractivity contribution in [1.82, 2.24) is 0 Å². The van der Waals surface area contributed by atoms with Crippen molar-refractivity contribution in [1.29, 1.82) is 0 Å². The van der Waals surface area contributed by atoms with Crippen LogP contribution in [0.1, 0.15) is 16.7 Å². The van der Waals surface area contributed by atoms with Gasteiger partial charge in [0.1, 0.15) is 18.2 Å². The molecule has 1 aliphatic rings. The van der Waals surface area contributed by atoms with Crippen molar-refractivity contribution in [3.8, 4) is 5.75 Å². The summed E-state index contributed by atoms with van der Waals surface area (Å²) in [5, 5.41) is 3.26. The summed E-state index contributed by atoms with van der Waals surface area (Å²) in [4.78, 5) is 12.2. The molecule has 27 heavy (non-hydrogen) atoms. The van der Waals surface area contributed by atoms with E-state index in [9.17, 15) is 9.18 Å². The molecular formula is C22H15ClFNO2. The van der Waals surface area contributed by atoms with Gasteiger partial charge in [0.2, 0.25) is 0 Å². The van der Waals surface area contributed by atoms with Crippen LogP contribution in [0, 0.1) is 5.82 Å². The summed E-state index contributed by atoms with van der Waals surface area (Å²) in [6, 6.07) is 19.1. The highest BCUT2D eigenvalue weighted by Gasteiger charge is 2.23. The van der Waals surface area contributed by atoms with E-state index in [1.54, 1.807) is 30.3 Å². The Kier molecular flexibility index (Phi) is 4.65. The van der Waals surface area contributed by atoms with E-state index in [-0.39, 0.29) is 18.3 Å². The molecule has 134 valence electrons. The Morgan fingerprint density at radius 1 is 1.04 bits per heavy atom. The van der Waals surface area contributed by atoms with Crippen molar-refractivity contribution in [3.63, 3.8) is 0 Å². The van der Waals surface area contributed by atoms with Gasteiger partial charge in [0.25, 0.3) is 5.91 Å². The van der Waals surface area contributed by atoms with Crippen molar-refractivity contribution in [2.75, 3.05) is 5.32 Å². The number of para-hydroxylation sites is 1. The first-order valence-electron chi connectivity index (χ1n) is 8.39. The molecule has 0 radical (unpaired) electrons. The van der Waals surface area contributed by atoms with E-state index in [2.05, 4.69) is 5.32 Å². The third-order valence-electron chi connectivity index (χ3n) is 4.26. The maximum Gasteiger partial charge on any atom is 0.256 e. The van der Waals surface area contributed by atoms with E-state index in [1.807, 2.05) is 30.3 Å². The molecule has 1 N–H and O–H groups in total. The molecule has 1 aliphatic heterocycles. The number of ether oxygens (including phenoxy) is 1. The standard InChI is InChI=1S/C22H15ClFNO2/c23-19-12-14(11-18-17-6-1-2-7-20(17)25-22(18)26)8-9-21(19)27-13-15-4-3-5-16(24)10-15/h1-12H,13H2,(H,25,26)/b18-11-. The summed E-state index contributed by atoms with van der Waals surface area (Å²) in [5.41, 5.74) is 3.77. The van der Waals surface area contributed by atoms with Crippen molar-refractivity contribution >= 4 is 34.8 Å². The van der Waals surface area contributed by atoms with Crippen LogP contribution in [0.25, 0.3) is 11.6 Å². The number of fused-ring (bicyclic) bond motifs is 1. The molecule has 0 atom stereocenters. The highest BCUT2D eigenvalue weighted by atomic mass is 35.5. The Labute approximate surface area is 161 Å². The molecule has 5 heteroatoms. The third kappa shape index (κ3) is 3.71. The van der Waals surface area contributed by atoms with Crippen molar-refractivity contribution in [3.05, 3.63) is 94.3 Å². The largest absolute Gasteiger partial charge is 0.487 e. The normalized spacial score (nSPS) is 14.1. The van der Waals surface area contributed by atoms with Crippen LogP contribution in [-0.2, 0) is 11.4 Å². The van der Waals surface area contributed by atoms with Gasteiger partial charge >= 0.3 is 0 Å². The topological polar surface area (TPSA) is 38.3 Å². The first-order valence-corrected chi connectivity index (χ1v) is 8.77. The van der Waals surface area contributed by atoms with Crippen molar-refractivity contribution in [2.45, 2.75) is 6.61 Å². The van der Waals surface area contributed by atoms with Crippen molar-refractivity contribution in [2.24, 2.45) is 0 Å². The lowest BCUT2D eigenvalue weighted by Crippen LogP contribution is -2.03. The average Bonchev–Trinajstić information content (AvgIpc) is 2.97. The minimum atomic E-state index is -0.306. The van der Waals surface area contributed by atoms with Crippen LogP contribution < -0.4 is 10.1 Å². The number of anilines is 1. The van der Waals surface area contributed by atoms with E-state index in [4.69, 9.17) is 16.3 Å². The number of amides is 1. The summed E-state index contributed by atoms with van der Waals surface area (Å²) in [6.45, 7) is 0.216. The summed E-state index contributed by atoms with van der Waals surface area (Å²) in [5.74, 6) is 0.0531. The SMILES string of the molecule is O=C1Nc2ccccc2/C1=C/c1ccc(OCc2cccc(F)c2)c(Cl)c1. The molecule has 0 spiro atoms. The second-order valence-electron chi connectivity index (χ2n) is 6.17. The number of halogens is 2. The van der Waals surface area contributed by atoms with Crippen LogP contribution in [0.3, 0.4) is 0 Å². The fraction of sp³-hybridized carbons (Fsp3) is 0.0455. The van der Waals surface area contributed by atoms with E-state index in [1.165, 1.54) is 12.1 Å². The van der Waals surface area contributed by atoms with E-state index in [0.29, 0.717) is 16.3 Å². The summed E-state index contributed by atoms with van der Waals surface area (Å²) in [6.07, 6.45) is 1.80. The zero-order valence-electron chi connectivity index (χ0n) is 14.2. The lowest BCUT2D eigenvalue weighted by Gasteiger charge is -2.09. The molecular weight excluding hydrogens is 365 g/mol. The Bertz CT molecular complexity index is 1060. The molecule has 0 saturated heterocycles. The number of nitrogens with one attached hydrogen (secondary N) is 1. The molecule has 0 aromatic heterocycles. The Hall–Kier alpha value is -3.11. The van der Waals surface area contributed by atoms with Gasteiger partial charge < -0.3 is 10.1 Å². The van der Waals surface area contributed by atoms with Gasteiger partial charge in [-0.05, 0) is 47.5 Å². The van der Waals surface area contributed by atoms with E-state index in [0.717, 1.165) is 22.4 Å². The summed E-state index contributed by atoms with van der Waals surface area (Å²) < 4.78 is 18.9. The van der Waals surface area contributed by atoms with E-state index >= 15 is 0 Å². The molecule has 0 aliphatic carbocycles. The average molecular weight is 380 g/mol. The second-order valence-corrected chi connectivity index (χ2v) is 6.57. The smallest absolute Gasteiger partial charge is 0.256 e. The van der Waals surface area contributed by atoms with Gasteiger partial charge in [0, 0.05) is 16.8 Å². The lowest BCUT2D eigenvalue weighted by atomic mass is 10.0. The van der Waals surface area contributed by atoms with Gasteiger partial charge in [0.05, 0.1) is 5.02 Å². The number of benzene rings is 3. The highest BCUT2D eigenvalue weighted by Crippen LogP contribution is 2.34. The summed E-state index contributed by atoms with van der Waals surface area (Å²) >= 11 is 6.32. The molecule has 1 heterocycles. The van der Waals surface area contributed by atoms with Crippen LogP contribution in [0.5, 0.6) is 5.75 Å². The van der Waals surface area contributed by atoms with Crippen LogP contribution in [0.4, 0.5) is 10.1 Å². The van der Waals surface area contributed by atoms with Gasteiger partial charge in [-0.2, -0.15) is 0 Å². The maximum atomic E-state index is 13.2. The minimum absolute atomic E-state index is 0.140. The molecule has 3 aromatic rings. The van der Waals surface area contributed by atoms with Crippen LogP contribution in [0.15, 0.2) is 66.7 Å². The lowest BCUT2D eigenvalue weighted by molar-refractivity contribution is -0.110. The molecule has 4 rings (SSSR count). The van der Waals surface area contributed by atoms with Crippen LogP contribution in [0.2, 0.25) is 5.02 Å². The van der Waals surface area contributed by atoms with E-state index < -0.39 is 0 Å². The van der Waals surface area contributed by atoms with Crippen LogP contribution in [-0.4, -0.2) is 5.91 Å². The van der Waals surface area contributed by atoms with Gasteiger partial charge in [-0.1, -0.05) is 48.0 Å². The Morgan fingerprint density at radius 2 is 1.89 bits per heavy atom. The first kappa shape index (κ1) is 17.3. The second kappa shape index (κ2) is 7.25. The predicted octanol–water partition coefficient (Wildman–Crippen LogP) is 5.55. The molecule has 0 unspecified atom stereocenters. The molecule has 0 saturated carbocycles. The monoisotopic (exact) mass is 379 g/mol. The molecule has 0 fully saturated rings. The van der Waals surface area contributed by atoms with Gasteiger partial charge in [0.15, 0.2) is 0 Å². The van der Waals surface area contributed by atoms with Gasteiger partial charge in [-0.15, -0.1) is 0 Å². The molecule has 3 nitrogen and oxygen atoms in total. The zero-order valence-corrected chi connectivity index (χ0v) is 15.0. The molecule has 3 aromatic carbocycles. The number of rotatable bonds is 4. The quantitative estimate of drug-likeness (QED) is 0.603. The van der Waals surface area contributed by atoms with Crippen LogP contribution >= 0.6 is 11.6 Å². The Balaban J connectivity index is 1.55. The number of hydrogen-bond acceptors (Lipinski definition) is 2. The maximum absolute atomic E-state index is 13.2. The first-order chi connectivity index (χ1) is 13.1. The fourth-order valence-electron chi connectivity index (χ4n) is 2.96. The number of carbonyl (C=O) groups excluding carboxylic acids is 1. The highest BCUT2D eigenvalue weighted by molar-refractivity contribution is 6.35. The summed E-state index contributed by atoms with van der Waals surface area (Å²) in [7, 11) is 0. The zero-order chi connectivity index (χ0) is 18.8. The Morgan fingerprint density at radius 3 is 2.70 bits per heavy atom. The van der Waals surface area contributed by atoms with Crippen molar-refractivity contribution < 1.29 is 13.9 Å². The predicted molar refractivity (Wildman–Crippen MR) is 105 cm³/mol. The van der Waals surface area contributed by atoms with Gasteiger partial charge in [-0.3, -0.25) is 4.79 Å². The minimum Gasteiger partial charge on any atom is -0.487 e. The molecule has 1 amide bonds. The van der Waals surface area contributed by atoms with Gasteiger partial charge in [-0.25, -0.2) is 4.39 Å². The fourth-order valence-corrected chi connectivity index (χ4v) is 3.20. The third-order valence-corrected chi connectivity index (χ3v) is 4.56. The molecule has 0 bridgehead atoms. The number of hydrogen-bond donors (Lipinski definition) is 1.